The normalized spacial score (nSPS) is 30.7. The first-order chi connectivity index (χ1) is 10.8. The summed E-state index contributed by atoms with van der Waals surface area (Å²) in [6.07, 6.45) is 6.52. The highest BCUT2D eigenvalue weighted by atomic mass is 16.5. The molecule has 22 heavy (non-hydrogen) atoms. The third-order valence-electron chi connectivity index (χ3n) is 5.43. The Bertz CT molecular complexity index is 317. The van der Waals surface area contributed by atoms with E-state index in [1.807, 2.05) is 0 Å². The van der Waals surface area contributed by atoms with Crippen molar-refractivity contribution in [1.82, 2.24) is 14.7 Å². The van der Waals surface area contributed by atoms with Gasteiger partial charge in [-0.05, 0) is 45.3 Å². The van der Waals surface area contributed by atoms with Crippen LogP contribution in [0.4, 0.5) is 0 Å². The smallest absolute Gasteiger partial charge is 0.0793 e. The number of piperidine rings is 1. The Hall–Kier alpha value is -0.200. The molecule has 0 bridgehead atoms. The van der Waals surface area contributed by atoms with Gasteiger partial charge in [-0.15, -0.1) is 0 Å². The zero-order valence-corrected chi connectivity index (χ0v) is 14.0. The maximum absolute atomic E-state index is 10.4. The van der Waals surface area contributed by atoms with E-state index in [0.717, 1.165) is 39.4 Å². The zero-order chi connectivity index (χ0) is 15.2. The lowest BCUT2D eigenvalue weighted by atomic mass is 10.1. The third kappa shape index (κ3) is 4.90. The molecule has 0 aromatic heterocycles. The Morgan fingerprint density at radius 2 is 1.64 bits per heavy atom. The van der Waals surface area contributed by atoms with Crippen molar-refractivity contribution in [3.05, 3.63) is 0 Å². The Labute approximate surface area is 135 Å². The summed E-state index contributed by atoms with van der Waals surface area (Å²) in [5.41, 5.74) is 0. The molecule has 0 saturated carbocycles. The summed E-state index contributed by atoms with van der Waals surface area (Å²) >= 11 is 0. The lowest BCUT2D eigenvalue weighted by Crippen LogP contribution is -2.48. The van der Waals surface area contributed by atoms with Gasteiger partial charge < -0.3 is 14.7 Å². The summed E-state index contributed by atoms with van der Waals surface area (Å²) in [4.78, 5) is 7.52. The van der Waals surface area contributed by atoms with Gasteiger partial charge in [-0.2, -0.15) is 0 Å². The molecule has 5 nitrogen and oxygen atoms in total. The molecule has 3 fully saturated rings. The summed E-state index contributed by atoms with van der Waals surface area (Å²) in [6, 6.07) is 0.664. The lowest BCUT2D eigenvalue weighted by molar-refractivity contribution is 0.00452. The van der Waals surface area contributed by atoms with E-state index in [9.17, 15) is 5.11 Å². The van der Waals surface area contributed by atoms with E-state index >= 15 is 0 Å². The Morgan fingerprint density at radius 3 is 2.41 bits per heavy atom. The summed E-state index contributed by atoms with van der Waals surface area (Å²) in [5, 5.41) is 10.4. The molecular formula is C17H33N3O2. The molecule has 3 aliphatic rings. The molecule has 3 aliphatic heterocycles. The molecule has 3 rings (SSSR count). The van der Waals surface area contributed by atoms with Crippen LogP contribution in [0.15, 0.2) is 0 Å². The van der Waals surface area contributed by atoms with Gasteiger partial charge in [-0.1, -0.05) is 6.42 Å². The molecule has 0 amide bonds. The average molecular weight is 311 g/mol. The fourth-order valence-electron chi connectivity index (χ4n) is 4.19. The highest BCUT2D eigenvalue weighted by Gasteiger charge is 2.28. The van der Waals surface area contributed by atoms with Crippen molar-refractivity contribution < 1.29 is 9.84 Å². The fourth-order valence-corrected chi connectivity index (χ4v) is 4.19. The van der Waals surface area contributed by atoms with Crippen molar-refractivity contribution in [3.8, 4) is 0 Å². The van der Waals surface area contributed by atoms with Gasteiger partial charge in [0.05, 0.1) is 19.3 Å². The summed E-state index contributed by atoms with van der Waals surface area (Å²) < 4.78 is 5.38. The van der Waals surface area contributed by atoms with Gasteiger partial charge in [0, 0.05) is 38.8 Å². The number of likely N-dealkylation sites (tertiary alicyclic amines) is 2. The second kappa shape index (κ2) is 8.60. The van der Waals surface area contributed by atoms with Gasteiger partial charge >= 0.3 is 0 Å². The van der Waals surface area contributed by atoms with Crippen LogP contribution in [-0.4, -0.2) is 97.5 Å². The number of hydrogen-bond donors (Lipinski definition) is 1. The maximum Gasteiger partial charge on any atom is 0.0793 e. The van der Waals surface area contributed by atoms with Crippen molar-refractivity contribution >= 4 is 0 Å². The summed E-state index contributed by atoms with van der Waals surface area (Å²) in [7, 11) is 0. The Morgan fingerprint density at radius 1 is 0.864 bits per heavy atom. The maximum atomic E-state index is 10.4. The van der Waals surface area contributed by atoms with Crippen LogP contribution in [-0.2, 0) is 4.74 Å². The molecular weight excluding hydrogens is 278 g/mol. The van der Waals surface area contributed by atoms with Crippen LogP contribution in [0.2, 0.25) is 0 Å². The van der Waals surface area contributed by atoms with E-state index in [-0.39, 0.29) is 6.10 Å². The first-order valence-corrected chi connectivity index (χ1v) is 9.26. The minimum atomic E-state index is -0.222. The highest BCUT2D eigenvalue weighted by molar-refractivity contribution is 4.85. The van der Waals surface area contributed by atoms with Gasteiger partial charge in [-0.25, -0.2) is 0 Å². The van der Waals surface area contributed by atoms with Crippen LogP contribution in [0, 0.1) is 0 Å². The van der Waals surface area contributed by atoms with E-state index < -0.39 is 0 Å². The van der Waals surface area contributed by atoms with Gasteiger partial charge in [0.15, 0.2) is 0 Å². The Balaban J connectivity index is 1.41. The van der Waals surface area contributed by atoms with E-state index in [0.29, 0.717) is 6.04 Å². The van der Waals surface area contributed by atoms with Gasteiger partial charge in [0.25, 0.3) is 0 Å². The summed E-state index contributed by atoms with van der Waals surface area (Å²) in [6.45, 7) is 10.1. The second-order valence-corrected chi connectivity index (χ2v) is 7.22. The molecule has 128 valence electrons. The van der Waals surface area contributed by atoms with Crippen molar-refractivity contribution in [1.29, 1.82) is 0 Å². The number of nitrogens with zero attached hydrogens (tertiary/aromatic N) is 3. The minimum Gasteiger partial charge on any atom is -0.390 e. The first-order valence-electron chi connectivity index (χ1n) is 9.26. The Kier molecular flexibility index (Phi) is 6.51. The predicted octanol–water partition coefficient (Wildman–Crippen LogP) is 0.630. The van der Waals surface area contributed by atoms with E-state index in [4.69, 9.17) is 4.74 Å². The van der Waals surface area contributed by atoms with Crippen molar-refractivity contribution in [2.75, 3.05) is 65.6 Å². The minimum absolute atomic E-state index is 0.222. The van der Waals surface area contributed by atoms with Crippen LogP contribution in [0.5, 0.6) is 0 Å². The first kappa shape index (κ1) is 16.7. The molecule has 2 unspecified atom stereocenters. The molecule has 0 aromatic rings. The monoisotopic (exact) mass is 311 g/mol. The molecule has 0 radical (unpaired) electrons. The van der Waals surface area contributed by atoms with Gasteiger partial charge in [-0.3, -0.25) is 9.80 Å². The van der Waals surface area contributed by atoms with E-state index in [1.165, 1.54) is 58.3 Å². The van der Waals surface area contributed by atoms with E-state index in [1.54, 1.807) is 0 Å². The molecule has 2 atom stereocenters. The van der Waals surface area contributed by atoms with E-state index in [2.05, 4.69) is 14.7 Å². The molecule has 5 heteroatoms. The fraction of sp³-hybridized carbons (Fsp3) is 1.00. The van der Waals surface area contributed by atoms with Crippen LogP contribution in [0.1, 0.15) is 32.1 Å². The van der Waals surface area contributed by atoms with Crippen LogP contribution in [0.25, 0.3) is 0 Å². The molecule has 0 aromatic carbocycles. The second-order valence-electron chi connectivity index (χ2n) is 7.22. The number of hydrogen-bond acceptors (Lipinski definition) is 5. The molecule has 0 aliphatic carbocycles. The number of rotatable bonds is 6. The zero-order valence-electron chi connectivity index (χ0n) is 14.0. The molecule has 3 heterocycles. The molecule has 0 spiro atoms. The lowest BCUT2D eigenvalue weighted by Gasteiger charge is -2.35. The third-order valence-corrected chi connectivity index (χ3v) is 5.43. The van der Waals surface area contributed by atoms with Crippen molar-refractivity contribution in [3.63, 3.8) is 0 Å². The largest absolute Gasteiger partial charge is 0.390 e. The summed E-state index contributed by atoms with van der Waals surface area (Å²) in [5.74, 6) is 0. The molecule has 1 N–H and O–H groups in total. The average Bonchev–Trinajstić information content (AvgIpc) is 2.96. The standard InChI is InChI=1S/C17H33N3O2/c21-17(14-19-9-11-22-12-10-19)15-20-8-4-5-16(20)13-18-6-2-1-3-7-18/h16-17,21H,1-15H2. The number of aliphatic hydroxyl groups excluding tert-OH is 1. The molecule has 3 saturated heterocycles. The highest BCUT2D eigenvalue weighted by Crippen LogP contribution is 2.20. The number of β-amino-alcohol motifs (C(OH)–C–C–N with tert-alkyl or cyclic N) is 1. The van der Waals surface area contributed by atoms with Crippen LogP contribution in [0.3, 0.4) is 0 Å². The van der Waals surface area contributed by atoms with Crippen molar-refractivity contribution in [2.24, 2.45) is 0 Å². The van der Waals surface area contributed by atoms with Crippen LogP contribution < -0.4 is 0 Å². The van der Waals surface area contributed by atoms with Crippen LogP contribution >= 0.6 is 0 Å². The quantitative estimate of drug-likeness (QED) is 0.779. The topological polar surface area (TPSA) is 39.2 Å². The number of ether oxygens (including phenoxy) is 1. The van der Waals surface area contributed by atoms with Gasteiger partial charge in [0.1, 0.15) is 0 Å². The van der Waals surface area contributed by atoms with Crippen molar-refractivity contribution in [2.45, 2.75) is 44.2 Å². The number of morpholine rings is 1. The number of aliphatic hydroxyl groups is 1. The predicted molar refractivity (Wildman–Crippen MR) is 88.2 cm³/mol. The SMILES string of the molecule is OC(CN1CCOCC1)CN1CCCC1CN1CCCCC1. The van der Waals surface area contributed by atoms with Gasteiger partial charge in [0.2, 0.25) is 0 Å².